The fourth-order valence-corrected chi connectivity index (χ4v) is 2.77. The highest BCUT2D eigenvalue weighted by Crippen LogP contribution is 2.24. The molecule has 1 N–H and O–H groups in total. The summed E-state index contributed by atoms with van der Waals surface area (Å²) in [5.41, 5.74) is -0.701. The highest BCUT2D eigenvalue weighted by molar-refractivity contribution is 9.10. The van der Waals surface area contributed by atoms with Crippen LogP contribution in [0.3, 0.4) is 0 Å². The van der Waals surface area contributed by atoms with Gasteiger partial charge in [0, 0.05) is 10.4 Å². The molecule has 0 fully saturated rings. The molecule has 0 unspecified atom stereocenters. The quantitative estimate of drug-likeness (QED) is 0.861. The summed E-state index contributed by atoms with van der Waals surface area (Å²) < 4.78 is 51.0. The molecular formula is C8H7BrClF2NO2S. The molecule has 90 valence electrons. The van der Waals surface area contributed by atoms with E-state index in [-0.39, 0.29) is 10.4 Å². The highest BCUT2D eigenvalue weighted by Gasteiger charge is 2.17. The summed E-state index contributed by atoms with van der Waals surface area (Å²) in [5, 5.41) is 0. The second kappa shape index (κ2) is 5.29. The monoisotopic (exact) mass is 333 g/mol. The van der Waals surface area contributed by atoms with Gasteiger partial charge in [-0.2, -0.15) is 0 Å². The number of anilines is 1. The summed E-state index contributed by atoms with van der Waals surface area (Å²) in [6, 6.07) is 1.92. The van der Waals surface area contributed by atoms with Crippen LogP contribution in [0.25, 0.3) is 0 Å². The lowest BCUT2D eigenvalue weighted by molar-refractivity contribution is 0.582. The molecule has 1 aromatic rings. The molecule has 0 aliphatic rings. The fraction of sp³-hybridized carbons (Fsp3) is 0.250. The molecule has 0 spiro atoms. The molecule has 8 heteroatoms. The van der Waals surface area contributed by atoms with E-state index in [9.17, 15) is 17.2 Å². The van der Waals surface area contributed by atoms with Gasteiger partial charge in [0.05, 0.1) is 5.75 Å². The van der Waals surface area contributed by atoms with E-state index in [1.54, 1.807) is 4.72 Å². The predicted octanol–water partition coefficient (Wildman–Crippen LogP) is 2.71. The standard InChI is InChI=1S/C8H7BrClF2NO2S/c9-5-3-6(11)8(7(12)4-5)13-16(14,15)2-1-10/h3-4,13H,1-2H2. The topological polar surface area (TPSA) is 46.2 Å². The Kier molecular flexibility index (Phi) is 4.52. The van der Waals surface area contributed by atoms with E-state index < -0.39 is 33.1 Å². The van der Waals surface area contributed by atoms with Crippen LogP contribution < -0.4 is 4.72 Å². The molecule has 1 aromatic carbocycles. The van der Waals surface area contributed by atoms with Crippen molar-refractivity contribution in [3.63, 3.8) is 0 Å². The van der Waals surface area contributed by atoms with Gasteiger partial charge in [-0.1, -0.05) is 15.9 Å². The number of hydrogen-bond acceptors (Lipinski definition) is 2. The van der Waals surface area contributed by atoms with Gasteiger partial charge in [0.15, 0.2) is 11.6 Å². The maximum Gasteiger partial charge on any atom is 0.234 e. The van der Waals surface area contributed by atoms with Crippen molar-refractivity contribution < 1.29 is 17.2 Å². The minimum absolute atomic E-state index is 0.158. The van der Waals surface area contributed by atoms with Gasteiger partial charge in [-0.25, -0.2) is 17.2 Å². The number of rotatable bonds is 4. The van der Waals surface area contributed by atoms with Gasteiger partial charge in [0.2, 0.25) is 10.0 Å². The Hall–Kier alpha value is -0.400. The molecule has 0 radical (unpaired) electrons. The minimum atomic E-state index is -3.82. The molecule has 3 nitrogen and oxygen atoms in total. The Morgan fingerprint density at radius 3 is 2.25 bits per heavy atom. The maximum absolute atomic E-state index is 13.3. The third kappa shape index (κ3) is 3.57. The Morgan fingerprint density at radius 2 is 1.81 bits per heavy atom. The van der Waals surface area contributed by atoms with Crippen molar-refractivity contribution in [1.29, 1.82) is 0 Å². The summed E-state index contributed by atoms with van der Waals surface area (Å²) in [4.78, 5) is 0. The normalized spacial score (nSPS) is 11.5. The Balaban J connectivity index is 3.07. The van der Waals surface area contributed by atoms with Gasteiger partial charge in [-0.05, 0) is 12.1 Å². The first-order valence-electron chi connectivity index (χ1n) is 4.07. The van der Waals surface area contributed by atoms with Gasteiger partial charge in [-0.3, -0.25) is 4.72 Å². The highest BCUT2D eigenvalue weighted by atomic mass is 79.9. The predicted molar refractivity (Wildman–Crippen MR) is 62.2 cm³/mol. The van der Waals surface area contributed by atoms with Gasteiger partial charge in [0.25, 0.3) is 0 Å². The summed E-state index contributed by atoms with van der Waals surface area (Å²) in [5.74, 6) is -2.56. The van der Waals surface area contributed by atoms with Crippen LogP contribution in [-0.2, 0) is 10.0 Å². The number of benzene rings is 1. The van der Waals surface area contributed by atoms with Crippen LogP contribution in [0.1, 0.15) is 0 Å². The first kappa shape index (κ1) is 13.7. The van der Waals surface area contributed by atoms with E-state index in [4.69, 9.17) is 11.6 Å². The van der Waals surface area contributed by atoms with Crippen LogP contribution in [-0.4, -0.2) is 20.1 Å². The number of sulfonamides is 1. The fourth-order valence-electron chi connectivity index (χ4n) is 0.948. The van der Waals surface area contributed by atoms with Crippen molar-refractivity contribution in [2.24, 2.45) is 0 Å². The van der Waals surface area contributed by atoms with E-state index in [0.717, 1.165) is 12.1 Å². The zero-order valence-electron chi connectivity index (χ0n) is 7.81. The Labute approximate surface area is 105 Å². The second-order valence-electron chi connectivity index (χ2n) is 2.85. The van der Waals surface area contributed by atoms with Crippen LogP contribution in [0, 0.1) is 11.6 Å². The Morgan fingerprint density at radius 1 is 1.31 bits per heavy atom. The van der Waals surface area contributed by atoms with E-state index >= 15 is 0 Å². The third-order valence-electron chi connectivity index (χ3n) is 1.61. The van der Waals surface area contributed by atoms with Gasteiger partial charge >= 0.3 is 0 Å². The van der Waals surface area contributed by atoms with Crippen LogP contribution >= 0.6 is 27.5 Å². The lowest BCUT2D eigenvalue weighted by atomic mass is 10.3. The first-order valence-corrected chi connectivity index (χ1v) is 7.04. The zero-order valence-corrected chi connectivity index (χ0v) is 11.0. The van der Waals surface area contributed by atoms with Crippen LogP contribution in [0.15, 0.2) is 16.6 Å². The average molecular weight is 335 g/mol. The van der Waals surface area contributed by atoms with Gasteiger partial charge in [-0.15, -0.1) is 11.6 Å². The van der Waals surface area contributed by atoms with Gasteiger partial charge < -0.3 is 0 Å². The second-order valence-corrected chi connectivity index (χ2v) is 5.99. The molecule has 0 atom stereocenters. The largest absolute Gasteiger partial charge is 0.278 e. The van der Waals surface area contributed by atoms with E-state index in [0.29, 0.717) is 0 Å². The van der Waals surface area contributed by atoms with Crippen molar-refractivity contribution in [2.75, 3.05) is 16.4 Å². The lowest BCUT2D eigenvalue weighted by Gasteiger charge is -2.09. The average Bonchev–Trinajstić information content (AvgIpc) is 2.11. The van der Waals surface area contributed by atoms with Gasteiger partial charge in [0.1, 0.15) is 5.69 Å². The molecule has 16 heavy (non-hydrogen) atoms. The third-order valence-corrected chi connectivity index (χ3v) is 3.74. The Bertz CT molecular complexity index is 472. The van der Waals surface area contributed by atoms with Crippen molar-refractivity contribution in [2.45, 2.75) is 0 Å². The van der Waals surface area contributed by atoms with Crippen molar-refractivity contribution in [3.05, 3.63) is 28.2 Å². The number of nitrogens with one attached hydrogen (secondary N) is 1. The summed E-state index contributed by atoms with van der Waals surface area (Å²) in [7, 11) is -3.82. The molecule has 0 aliphatic heterocycles. The molecule has 0 amide bonds. The van der Waals surface area contributed by atoms with Crippen LogP contribution in [0.5, 0.6) is 0 Å². The van der Waals surface area contributed by atoms with E-state index in [1.165, 1.54) is 0 Å². The molecule has 0 heterocycles. The molecule has 0 bridgehead atoms. The van der Waals surface area contributed by atoms with E-state index in [2.05, 4.69) is 15.9 Å². The molecule has 0 saturated carbocycles. The maximum atomic E-state index is 13.3. The number of alkyl halides is 1. The molecule has 0 saturated heterocycles. The SMILES string of the molecule is O=S(=O)(CCCl)Nc1c(F)cc(Br)cc1F. The first-order chi connectivity index (χ1) is 7.35. The number of halogens is 4. The molecular weight excluding hydrogens is 328 g/mol. The minimum Gasteiger partial charge on any atom is -0.278 e. The summed E-state index contributed by atoms with van der Waals surface area (Å²) >= 11 is 8.12. The lowest BCUT2D eigenvalue weighted by Crippen LogP contribution is -2.19. The van der Waals surface area contributed by atoms with Crippen molar-refractivity contribution in [3.8, 4) is 0 Å². The molecule has 0 aromatic heterocycles. The summed E-state index contributed by atoms with van der Waals surface area (Å²) in [6.07, 6.45) is 0. The van der Waals surface area contributed by atoms with Crippen LogP contribution in [0.2, 0.25) is 0 Å². The molecule has 1 rings (SSSR count). The van der Waals surface area contributed by atoms with Crippen molar-refractivity contribution in [1.82, 2.24) is 0 Å². The molecule has 0 aliphatic carbocycles. The zero-order chi connectivity index (χ0) is 12.3. The number of hydrogen-bond donors (Lipinski definition) is 1. The van der Waals surface area contributed by atoms with Crippen LogP contribution in [0.4, 0.5) is 14.5 Å². The van der Waals surface area contributed by atoms with Crippen molar-refractivity contribution >= 4 is 43.2 Å². The smallest absolute Gasteiger partial charge is 0.234 e. The van der Waals surface area contributed by atoms with E-state index in [1.807, 2.05) is 0 Å². The summed E-state index contributed by atoms with van der Waals surface area (Å²) in [6.45, 7) is 0.